The van der Waals surface area contributed by atoms with E-state index in [1.54, 1.807) is 29.7 Å². The second-order valence-corrected chi connectivity index (χ2v) is 12.5. The number of benzene rings is 2. The molecule has 0 aliphatic heterocycles. The lowest BCUT2D eigenvalue weighted by Crippen LogP contribution is -2.17. The Morgan fingerprint density at radius 2 is 1.88 bits per heavy atom. The third-order valence-corrected chi connectivity index (χ3v) is 9.64. The summed E-state index contributed by atoms with van der Waals surface area (Å²) >= 11 is 9.19. The first kappa shape index (κ1) is 27.9. The van der Waals surface area contributed by atoms with E-state index in [4.69, 9.17) is 11.6 Å². The average molecular weight is 611 g/mol. The first-order valence-corrected chi connectivity index (χ1v) is 15.6. The Morgan fingerprint density at radius 3 is 2.64 bits per heavy atom. The second kappa shape index (κ2) is 11.9. The maximum atomic E-state index is 12.8. The highest BCUT2D eigenvalue weighted by atomic mass is 35.5. The Bertz CT molecular complexity index is 1840. The van der Waals surface area contributed by atoms with Crippen LogP contribution in [0.3, 0.4) is 0 Å². The highest BCUT2D eigenvalue weighted by Crippen LogP contribution is 2.38. The molecule has 0 spiro atoms. The molecule has 1 amide bonds. The topological polar surface area (TPSA) is 95.1 Å². The summed E-state index contributed by atoms with van der Waals surface area (Å²) in [5.74, 6) is -0.298. The minimum Gasteiger partial charge on any atom is -0.332 e. The average Bonchev–Trinajstić information content (AvgIpc) is 3.69. The fourth-order valence-corrected chi connectivity index (χ4v) is 7.51. The van der Waals surface area contributed by atoms with E-state index in [0.29, 0.717) is 10.6 Å². The Morgan fingerprint density at radius 1 is 1.12 bits per heavy atom. The molecule has 3 heterocycles. The molecule has 210 valence electrons. The van der Waals surface area contributed by atoms with Crippen molar-refractivity contribution >= 4 is 57.2 Å². The first-order valence-electron chi connectivity index (χ1n) is 13.6. The fraction of sp³-hybridized carbons (Fsp3) is 0.188. The highest BCUT2D eigenvalue weighted by molar-refractivity contribution is 7.15. The molecule has 3 aromatic heterocycles. The number of fused-ring (bicyclic) bond motifs is 1. The molecule has 0 atom stereocenters. The summed E-state index contributed by atoms with van der Waals surface area (Å²) in [6.45, 7) is 4.05. The molecule has 0 fully saturated rings. The van der Waals surface area contributed by atoms with Crippen LogP contribution in [0.1, 0.15) is 56.2 Å². The molecule has 0 unspecified atom stereocenters. The minimum atomic E-state index is -0.298. The van der Waals surface area contributed by atoms with Crippen LogP contribution >= 0.6 is 34.3 Å². The van der Waals surface area contributed by atoms with Crippen molar-refractivity contribution in [1.29, 1.82) is 5.26 Å². The zero-order valence-electron chi connectivity index (χ0n) is 23.1. The molecular formula is C32H27ClN6OS2. The number of anilines is 2. The van der Waals surface area contributed by atoms with Gasteiger partial charge in [-0.25, -0.2) is 10.4 Å². The summed E-state index contributed by atoms with van der Waals surface area (Å²) in [5, 5.41) is 21.8. The third kappa shape index (κ3) is 5.61. The van der Waals surface area contributed by atoms with Crippen molar-refractivity contribution in [3.8, 4) is 22.3 Å². The van der Waals surface area contributed by atoms with Crippen LogP contribution in [-0.4, -0.2) is 21.7 Å². The van der Waals surface area contributed by atoms with Gasteiger partial charge in [-0.1, -0.05) is 23.7 Å². The lowest BCUT2D eigenvalue weighted by Gasteiger charge is -2.10. The Hall–Kier alpha value is -4.23. The molecular weight excluding hydrogens is 584 g/mol. The van der Waals surface area contributed by atoms with Gasteiger partial charge in [0.1, 0.15) is 11.1 Å². The SMILES string of the molecule is Cc1cc(/C=N\NC(=O)c2ccc(-c3csc(Nc4ccc(Cl)cc4)n3)cc2)c(C)n1-c1sc2c(c1C#N)CCCC2. The molecule has 7 nitrogen and oxygen atoms in total. The van der Waals surface area contributed by atoms with Gasteiger partial charge >= 0.3 is 0 Å². The molecule has 1 aliphatic rings. The van der Waals surface area contributed by atoms with Crippen LogP contribution in [0.15, 0.2) is 65.1 Å². The number of aromatic nitrogens is 2. The van der Waals surface area contributed by atoms with Gasteiger partial charge in [-0.05, 0) is 87.6 Å². The maximum Gasteiger partial charge on any atom is 0.271 e. The Kier molecular flexibility index (Phi) is 7.94. The number of amides is 1. The van der Waals surface area contributed by atoms with Crippen molar-refractivity contribution in [3.05, 3.63) is 104 Å². The van der Waals surface area contributed by atoms with Gasteiger partial charge in [0.2, 0.25) is 0 Å². The Balaban J connectivity index is 1.12. The third-order valence-electron chi connectivity index (χ3n) is 7.35. The zero-order chi connectivity index (χ0) is 29.2. The summed E-state index contributed by atoms with van der Waals surface area (Å²) in [6, 6.07) is 19.2. The smallest absolute Gasteiger partial charge is 0.271 e. The number of hydrogen-bond donors (Lipinski definition) is 2. The molecule has 6 rings (SSSR count). The predicted octanol–water partition coefficient (Wildman–Crippen LogP) is 8.19. The van der Waals surface area contributed by atoms with Crippen molar-refractivity contribution in [3.63, 3.8) is 0 Å². The van der Waals surface area contributed by atoms with E-state index in [-0.39, 0.29) is 5.91 Å². The highest BCUT2D eigenvalue weighted by Gasteiger charge is 2.23. The van der Waals surface area contributed by atoms with E-state index in [1.165, 1.54) is 28.2 Å². The van der Waals surface area contributed by atoms with E-state index in [9.17, 15) is 10.1 Å². The zero-order valence-corrected chi connectivity index (χ0v) is 25.5. The number of carbonyl (C=O) groups is 1. The van der Waals surface area contributed by atoms with Crippen molar-refractivity contribution < 1.29 is 4.79 Å². The minimum absolute atomic E-state index is 0.298. The summed E-state index contributed by atoms with van der Waals surface area (Å²) in [5.41, 5.74) is 10.7. The molecule has 42 heavy (non-hydrogen) atoms. The van der Waals surface area contributed by atoms with Crippen LogP contribution < -0.4 is 10.7 Å². The number of hydrazone groups is 1. The van der Waals surface area contributed by atoms with Gasteiger partial charge < -0.3 is 9.88 Å². The molecule has 0 bridgehead atoms. The van der Waals surface area contributed by atoms with E-state index >= 15 is 0 Å². The molecule has 0 saturated carbocycles. The number of nitrogens with zero attached hydrogens (tertiary/aromatic N) is 4. The van der Waals surface area contributed by atoms with Crippen molar-refractivity contribution in [2.75, 3.05) is 5.32 Å². The number of thiophene rings is 1. The van der Waals surface area contributed by atoms with Gasteiger partial charge in [-0.3, -0.25) is 4.79 Å². The number of nitriles is 1. The Labute approximate surface area is 257 Å². The van der Waals surface area contributed by atoms with Crippen molar-refractivity contribution in [1.82, 2.24) is 15.0 Å². The van der Waals surface area contributed by atoms with Gasteiger partial charge in [0.15, 0.2) is 5.13 Å². The predicted molar refractivity (Wildman–Crippen MR) is 172 cm³/mol. The van der Waals surface area contributed by atoms with E-state index in [1.807, 2.05) is 61.7 Å². The van der Waals surface area contributed by atoms with E-state index in [0.717, 1.165) is 68.9 Å². The molecule has 2 aromatic carbocycles. The summed E-state index contributed by atoms with van der Waals surface area (Å²) < 4.78 is 2.14. The normalized spacial score (nSPS) is 12.7. The van der Waals surface area contributed by atoms with Gasteiger partial charge in [-0.15, -0.1) is 22.7 Å². The lowest BCUT2D eigenvalue weighted by molar-refractivity contribution is 0.0955. The van der Waals surface area contributed by atoms with Gasteiger partial charge in [-0.2, -0.15) is 10.4 Å². The van der Waals surface area contributed by atoms with Crippen LogP contribution in [-0.2, 0) is 12.8 Å². The number of aryl methyl sites for hydroxylation is 2. The van der Waals surface area contributed by atoms with Crippen molar-refractivity contribution in [2.24, 2.45) is 5.10 Å². The molecule has 2 N–H and O–H groups in total. The first-order chi connectivity index (χ1) is 20.4. The fourth-order valence-electron chi connectivity index (χ4n) is 5.19. The lowest BCUT2D eigenvalue weighted by atomic mass is 9.96. The van der Waals surface area contributed by atoms with Gasteiger partial charge in [0.05, 0.1) is 17.5 Å². The summed E-state index contributed by atoms with van der Waals surface area (Å²) in [4.78, 5) is 18.8. The van der Waals surface area contributed by atoms with E-state index < -0.39 is 0 Å². The molecule has 1 aliphatic carbocycles. The van der Waals surface area contributed by atoms with Crippen molar-refractivity contribution in [2.45, 2.75) is 39.5 Å². The maximum absolute atomic E-state index is 12.8. The van der Waals surface area contributed by atoms with Crippen LogP contribution in [0.2, 0.25) is 5.02 Å². The second-order valence-electron chi connectivity index (χ2n) is 10.1. The summed E-state index contributed by atoms with van der Waals surface area (Å²) in [7, 11) is 0. The number of hydrogen-bond acceptors (Lipinski definition) is 7. The molecule has 0 saturated heterocycles. The molecule has 10 heteroatoms. The number of carbonyl (C=O) groups excluding carboxylic acids is 1. The molecule has 0 radical (unpaired) electrons. The number of nitrogens with one attached hydrogen (secondary N) is 2. The molecule has 5 aromatic rings. The number of thiazole rings is 1. The van der Waals surface area contributed by atoms with Crippen LogP contribution in [0.25, 0.3) is 16.3 Å². The van der Waals surface area contributed by atoms with Gasteiger partial charge in [0, 0.05) is 49.0 Å². The standard InChI is InChI=1S/C32H27ClN6OS2/c1-19-15-23(20(2)39(19)31-27(16-34)26-5-3-4-6-29(26)42-31)17-35-38-30(40)22-9-7-21(8-10-22)28-18-41-32(37-28)36-25-13-11-24(33)12-14-25/h7-15,17-18H,3-6H2,1-2H3,(H,36,37)(H,38,40)/b35-17-. The number of halogens is 1. The monoisotopic (exact) mass is 610 g/mol. The van der Waals surface area contributed by atoms with Gasteiger partial charge in [0.25, 0.3) is 5.91 Å². The van der Waals surface area contributed by atoms with Crippen LogP contribution in [0, 0.1) is 25.2 Å². The summed E-state index contributed by atoms with van der Waals surface area (Å²) in [6.07, 6.45) is 5.99. The quantitative estimate of drug-likeness (QED) is 0.143. The van der Waals surface area contributed by atoms with Crippen LogP contribution in [0.5, 0.6) is 0 Å². The van der Waals surface area contributed by atoms with E-state index in [2.05, 4.69) is 31.5 Å². The van der Waals surface area contributed by atoms with Crippen LogP contribution in [0.4, 0.5) is 10.8 Å². The largest absolute Gasteiger partial charge is 0.332 e. The number of rotatable bonds is 7.